The SMILES string of the molecule is O=C1Nc2cc(N3CCn4cnnc4C3)c(Br)cc2C1=O. The summed E-state index contributed by atoms with van der Waals surface area (Å²) in [7, 11) is 0. The Bertz CT molecular complexity index is 785. The molecule has 0 spiro atoms. The molecule has 106 valence electrons. The van der Waals surface area contributed by atoms with Crippen molar-refractivity contribution >= 4 is 39.0 Å². The number of carbonyl (C=O) groups is 2. The third-order valence-electron chi connectivity index (χ3n) is 3.77. The zero-order valence-corrected chi connectivity index (χ0v) is 12.4. The fraction of sp³-hybridized carbons (Fsp3) is 0.231. The third-order valence-corrected chi connectivity index (χ3v) is 4.40. The number of carbonyl (C=O) groups excluding carboxylic acids is 2. The first-order chi connectivity index (χ1) is 10.1. The molecule has 1 aromatic heterocycles. The molecule has 0 saturated heterocycles. The van der Waals surface area contributed by atoms with E-state index >= 15 is 0 Å². The third kappa shape index (κ3) is 1.86. The van der Waals surface area contributed by atoms with Gasteiger partial charge in [0.05, 0.1) is 23.5 Å². The number of nitrogens with zero attached hydrogens (tertiary/aromatic N) is 4. The van der Waals surface area contributed by atoms with Gasteiger partial charge < -0.3 is 14.8 Å². The van der Waals surface area contributed by atoms with Crippen LogP contribution in [0.3, 0.4) is 0 Å². The van der Waals surface area contributed by atoms with Crippen LogP contribution in [0.25, 0.3) is 0 Å². The van der Waals surface area contributed by atoms with Crippen molar-refractivity contribution in [2.45, 2.75) is 13.1 Å². The van der Waals surface area contributed by atoms with Crippen LogP contribution in [0.2, 0.25) is 0 Å². The summed E-state index contributed by atoms with van der Waals surface area (Å²) < 4.78 is 2.81. The molecule has 0 bridgehead atoms. The maximum Gasteiger partial charge on any atom is 0.296 e. The summed E-state index contributed by atoms with van der Waals surface area (Å²) in [6.45, 7) is 2.25. The van der Waals surface area contributed by atoms with E-state index < -0.39 is 11.7 Å². The molecule has 0 atom stereocenters. The Morgan fingerprint density at radius 3 is 2.95 bits per heavy atom. The molecule has 2 aliphatic rings. The lowest BCUT2D eigenvalue weighted by molar-refractivity contribution is -0.112. The normalized spacial score (nSPS) is 16.7. The van der Waals surface area contributed by atoms with Gasteiger partial charge in [0.1, 0.15) is 6.33 Å². The van der Waals surface area contributed by atoms with Gasteiger partial charge in [-0.15, -0.1) is 10.2 Å². The average molecular weight is 348 g/mol. The predicted molar refractivity (Wildman–Crippen MR) is 78.2 cm³/mol. The van der Waals surface area contributed by atoms with E-state index in [0.717, 1.165) is 29.1 Å². The molecule has 8 heteroatoms. The molecular weight excluding hydrogens is 338 g/mol. The van der Waals surface area contributed by atoms with E-state index in [1.807, 2.05) is 10.6 Å². The van der Waals surface area contributed by atoms with Crippen molar-refractivity contribution in [1.29, 1.82) is 0 Å². The summed E-state index contributed by atoms with van der Waals surface area (Å²) in [5.41, 5.74) is 1.91. The van der Waals surface area contributed by atoms with E-state index in [1.165, 1.54) is 0 Å². The van der Waals surface area contributed by atoms with Crippen molar-refractivity contribution < 1.29 is 9.59 Å². The highest BCUT2D eigenvalue weighted by Crippen LogP contribution is 2.36. The number of benzene rings is 1. The Hall–Kier alpha value is -2.22. The van der Waals surface area contributed by atoms with Gasteiger partial charge in [0.2, 0.25) is 0 Å². The monoisotopic (exact) mass is 347 g/mol. The minimum absolute atomic E-state index is 0.413. The van der Waals surface area contributed by atoms with Crippen LogP contribution < -0.4 is 10.2 Å². The number of nitrogens with one attached hydrogen (secondary N) is 1. The van der Waals surface area contributed by atoms with E-state index in [-0.39, 0.29) is 0 Å². The molecule has 0 unspecified atom stereocenters. The summed E-state index contributed by atoms with van der Waals surface area (Å²) in [6.07, 6.45) is 1.73. The van der Waals surface area contributed by atoms with E-state index in [4.69, 9.17) is 0 Å². The maximum absolute atomic E-state index is 11.7. The Morgan fingerprint density at radius 2 is 2.10 bits per heavy atom. The van der Waals surface area contributed by atoms with Crippen molar-refractivity contribution in [1.82, 2.24) is 14.8 Å². The molecule has 0 saturated carbocycles. The number of hydrogen-bond donors (Lipinski definition) is 1. The average Bonchev–Trinajstić information content (AvgIpc) is 3.04. The summed E-state index contributed by atoms with van der Waals surface area (Å²) in [5.74, 6) is -0.170. The fourth-order valence-corrected chi connectivity index (χ4v) is 3.26. The lowest BCUT2D eigenvalue weighted by atomic mass is 10.1. The highest BCUT2D eigenvalue weighted by Gasteiger charge is 2.30. The second-order valence-electron chi connectivity index (χ2n) is 4.99. The molecule has 0 radical (unpaired) electrons. The number of anilines is 2. The van der Waals surface area contributed by atoms with E-state index in [0.29, 0.717) is 17.8 Å². The Morgan fingerprint density at radius 1 is 1.24 bits per heavy atom. The van der Waals surface area contributed by atoms with Gasteiger partial charge >= 0.3 is 0 Å². The van der Waals surface area contributed by atoms with Crippen LogP contribution in [0.15, 0.2) is 22.9 Å². The lowest BCUT2D eigenvalue weighted by Crippen LogP contribution is -2.33. The molecule has 1 N–H and O–H groups in total. The fourth-order valence-electron chi connectivity index (χ4n) is 2.67. The van der Waals surface area contributed by atoms with Crippen LogP contribution in [0.1, 0.15) is 16.2 Å². The standard InChI is InChI=1S/C13H10BrN5O2/c14-8-3-7-9(16-13(21)12(7)20)4-10(8)18-1-2-19-6-15-17-11(19)5-18/h3-4,6H,1-2,5H2,(H,16,20,21). The second-order valence-corrected chi connectivity index (χ2v) is 5.85. The molecule has 7 nitrogen and oxygen atoms in total. The number of amides is 1. The first-order valence-electron chi connectivity index (χ1n) is 6.44. The first kappa shape index (κ1) is 12.5. The van der Waals surface area contributed by atoms with E-state index in [1.54, 1.807) is 12.4 Å². The summed E-state index contributed by atoms with van der Waals surface area (Å²) in [5, 5.41) is 10.6. The lowest BCUT2D eigenvalue weighted by Gasteiger charge is -2.30. The minimum atomic E-state index is -0.576. The molecule has 4 rings (SSSR count). The van der Waals surface area contributed by atoms with Crippen molar-refractivity contribution in [3.8, 4) is 0 Å². The van der Waals surface area contributed by atoms with Gasteiger partial charge in [0.15, 0.2) is 5.82 Å². The van der Waals surface area contributed by atoms with Gasteiger partial charge in [0, 0.05) is 17.6 Å². The zero-order chi connectivity index (χ0) is 14.6. The molecule has 3 heterocycles. The van der Waals surface area contributed by atoms with Crippen LogP contribution in [0.4, 0.5) is 11.4 Å². The number of ketones is 1. The van der Waals surface area contributed by atoms with Gasteiger partial charge in [-0.3, -0.25) is 9.59 Å². The molecule has 21 heavy (non-hydrogen) atoms. The van der Waals surface area contributed by atoms with Gasteiger partial charge in [-0.2, -0.15) is 0 Å². The first-order valence-corrected chi connectivity index (χ1v) is 7.23. The van der Waals surface area contributed by atoms with Crippen LogP contribution >= 0.6 is 15.9 Å². The molecule has 0 fully saturated rings. The largest absolute Gasteiger partial charge is 0.361 e. The maximum atomic E-state index is 11.7. The number of halogens is 1. The topological polar surface area (TPSA) is 80.1 Å². The van der Waals surface area contributed by atoms with Crippen molar-refractivity contribution in [3.63, 3.8) is 0 Å². The van der Waals surface area contributed by atoms with Gasteiger partial charge in [-0.05, 0) is 28.1 Å². The van der Waals surface area contributed by atoms with Crippen molar-refractivity contribution in [3.05, 3.63) is 34.3 Å². The molecule has 0 aliphatic carbocycles. The van der Waals surface area contributed by atoms with E-state index in [2.05, 4.69) is 36.3 Å². The van der Waals surface area contributed by atoms with Crippen molar-refractivity contribution in [2.24, 2.45) is 0 Å². The summed E-state index contributed by atoms with van der Waals surface area (Å²) in [4.78, 5) is 25.3. The van der Waals surface area contributed by atoms with Crippen LogP contribution in [-0.4, -0.2) is 33.0 Å². The van der Waals surface area contributed by atoms with Crippen molar-refractivity contribution in [2.75, 3.05) is 16.8 Å². The van der Waals surface area contributed by atoms with Crippen LogP contribution in [-0.2, 0) is 17.9 Å². The minimum Gasteiger partial charge on any atom is -0.361 e. The number of Topliss-reactive ketones (excluding diaryl/α,β-unsaturated/α-hetero) is 1. The van der Waals surface area contributed by atoms with Crippen LogP contribution in [0, 0.1) is 0 Å². The molecule has 2 aliphatic heterocycles. The number of aromatic nitrogens is 3. The number of fused-ring (bicyclic) bond motifs is 2. The zero-order valence-electron chi connectivity index (χ0n) is 10.8. The molecule has 1 aromatic carbocycles. The molecular formula is C13H10BrN5O2. The highest BCUT2D eigenvalue weighted by atomic mass is 79.9. The smallest absolute Gasteiger partial charge is 0.296 e. The van der Waals surface area contributed by atoms with Gasteiger partial charge in [-0.25, -0.2) is 0 Å². The molecule has 2 aromatic rings. The molecule has 1 amide bonds. The van der Waals surface area contributed by atoms with E-state index in [9.17, 15) is 9.59 Å². The Kier molecular flexibility index (Phi) is 2.61. The predicted octanol–water partition coefficient (Wildman–Crippen LogP) is 1.20. The Balaban J connectivity index is 1.73. The quantitative estimate of drug-likeness (QED) is 0.784. The van der Waals surface area contributed by atoms with Crippen LogP contribution in [0.5, 0.6) is 0 Å². The Labute approximate surface area is 128 Å². The van der Waals surface area contributed by atoms with Gasteiger partial charge in [-0.1, -0.05) is 0 Å². The highest BCUT2D eigenvalue weighted by molar-refractivity contribution is 9.10. The second kappa shape index (κ2) is 4.39. The summed E-state index contributed by atoms with van der Waals surface area (Å²) in [6, 6.07) is 3.53. The van der Waals surface area contributed by atoms with Gasteiger partial charge in [0.25, 0.3) is 11.7 Å². The number of rotatable bonds is 1. The summed E-state index contributed by atoms with van der Waals surface area (Å²) >= 11 is 3.49. The number of hydrogen-bond acceptors (Lipinski definition) is 5.